The lowest BCUT2D eigenvalue weighted by molar-refractivity contribution is -0.126. The van der Waals surface area contributed by atoms with E-state index in [0.717, 1.165) is 23.2 Å². The van der Waals surface area contributed by atoms with Crippen molar-refractivity contribution in [3.8, 4) is 5.75 Å². The van der Waals surface area contributed by atoms with Crippen molar-refractivity contribution in [3.05, 3.63) is 77.9 Å². The summed E-state index contributed by atoms with van der Waals surface area (Å²) in [5.41, 5.74) is 2.86. The molecule has 7 heteroatoms. The summed E-state index contributed by atoms with van der Waals surface area (Å²) < 4.78 is 7.44. The highest BCUT2D eigenvalue weighted by Gasteiger charge is 2.37. The molecule has 3 aromatic rings. The molecule has 2 heterocycles. The summed E-state index contributed by atoms with van der Waals surface area (Å²) in [6.45, 7) is 4.66. The van der Waals surface area contributed by atoms with Crippen molar-refractivity contribution >= 4 is 17.5 Å². The molecule has 1 N–H and O–H groups in total. The van der Waals surface area contributed by atoms with E-state index in [1.165, 1.54) is 0 Å². The van der Waals surface area contributed by atoms with Crippen LogP contribution in [0.3, 0.4) is 0 Å². The van der Waals surface area contributed by atoms with Gasteiger partial charge in [-0.1, -0.05) is 50.2 Å². The second-order valence-corrected chi connectivity index (χ2v) is 8.85. The lowest BCUT2D eigenvalue weighted by atomic mass is 9.96. The average Bonchev–Trinajstić information content (AvgIpc) is 3.47. The smallest absolute Gasteiger partial charge is 0.227 e. The number of imidazole rings is 1. The van der Waals surface area contributed by atoms with Gasteiger partial charge in [0.1, 0.15) is 17.6 Å². The summed E-state index contributed by atoms with van der Waals surface area (Å²) in [6.07, 6.45) is 4.71. The number of amides is 2. The van der Waals surface area contributed by atoms with Gasteiger partial charge in [0.2, 0.25) is 11.8 Å². The molecule has 3 atom stereocenters. The third-order valence-corrected chi connectivity index (χ3v) is 6.72. The van der Waals surface area contributed by atoms with E-state index in [9.17, 15) is 9.59 Å². The number of para-hydroxylation sites is 2. The Labute approximate surface area is 200 Å². The number of methoxy groups -OCH3 is 1. The maximum absolute atomic E-state index is 13.5. The quantitative estimate of drug-likeness (QED) is 0.547. The van der Waals surface area contributed by atoms with Gasteiger partial charge in [0.25, 0.3) is 0 Å². The molecule has 0 radical (unpaired) electrons. The van der Waals surface area contributed by atoms with E-state index in [0.29, 0.717) is 24.0 Å². The molecule has 1 aliphatic heterocycles. The summed E-state index contributed by atoms with van der Waals surface area (Å²) in [6, 6.07) is 15.1. The van der Waals surface area contributed by atoms with E-state index >= 15 is 0 Å². The normalized spacial score (nSPS) is 17.5. The van der Waals surface area contributed by atoms with Crippen LogP contribution in [0.5, 0.6) is 5.75 Å². The standard InChI is InChI=1S/C27H32N4O3/c1-5-18(2)20-10-6-8-12-22(20)31-17-19(16-24(31)32)27(33)29-25(26-28-14-15-30(26)3)21-11-7-9-13-23(21)34-4/h6-15,18-19,25H,5,16-17H2,1-4H3,(H,29,33). The van der Waals surface area contributed by atoms with Crippen LogP contribution in [0.25, 0.3) is 0 Å². The first-order chi connectivity index (χ1) is 16.4. The van der Waals surface area contributed by atoms with Crippen LogP contribution < -0.4 is 15.0 Å². The average molecular weight is 461 g/mol. The Morgan fingerprint density at radius 1 is 1.18 bits per heavy atom. The zero-order valence-corrected chi connectivity index (χ0v) is 20.2. The van der Waals surface area contributed by atoms with Crippen molar-refractivity contribution in [2.75, 3.05) is 18.6 Å². The summed E-state index contributed by atoms with van der Waals surface area (Å²) in [5, 5.41) is 3.15. The second-order valence-electron chi connectivity index (χ2n) is 8.85. The van der Waals surface area contributed by atoms with Crippen molar-refractivity contribution < 1.29 is 14.3 Å². The van der Waals surface area contributed by atoms with Crippen LogP contribution >= 0.6 is 0 Å². The molecule has 34 heavy (non-hydrogen) atoms. The van der Waals surface area contributed by atoms with Gasteiger partial charge in [0.15, 0.2) is 0 Å². The first-order valence-corrected chi connectivity index (χ1v) is 11.7. The first kappa shape index (κ1) is 23.5. The van der Waals surface area contributed by atoms with Gasteiger partial charge in [-0.2, -0.15) is 0 Å². The van der Waals surface area contributed by atoms with E-state index in [2.05, 4.69) is 30.2 Å². The van der Waals surface area contributed by atoms with Gasteiger partial charge in [-0.05, 0) is 30.0 Å². The van der Waals surface area contributed by atoms with Crippen molar-refractivity contribution in [2.45, 2.75) is 38.6 Å². The van der Waals surface area contributed by atoms with Crippen molar-refractivity contribution in [1.29, 1.82) is 0 Å². The van der Waals surface area contributed by atoms with E-state index in [4.69, 9.17) is 4.74 Å². The SMILES string of the molecule is CCC(C)c1ccccc1N1CC(C(=O)NC(c2ccccc2OC)c2nccn2C)CC1=O. The largest absolute Gasteiger partial charge is 0.496 e. The zero-order chi connectivity index (χ0) is 24.2. The number of aromatic nitrogens is 2. The summed E-state index contributed by atoms with van der Waals surface area (Å²) in [7, 11) is 3.50. The molecule has 2 aromatic carbocycles. The lowest BCUT2D eigenvalue weighted by Gasteiger charge is -2.24. The first-order valence-electron chi connectivity index (χ1n) is 11.7. The fraction of sp³-hybridized carbons (Fsp3) is 0.370. The van der Waals surface area contributed by atoms with Crippen LogP contribution in [-0.4, -0.2) is 35.0 Å². The molecule has 0 aliphatic carbocycles. The highest BCUT2D eigenvalue weighted by Crippen LogP contribution is 2.34. The summed E-state index contributed by atoms with van der Waals surface area (Å²) >= 11 is 0. The van der Waals surface area contributed by atoms with Gasteiger partial charge in [0.05, 0.1) is 13.0 Å². The highest BCUT2D eigenvalue weighted by molar-refractivity contribution is 6.01. The predicted molar refractivity (Wildman–Crippen MR) is 132 cm³/mol. The van der Waals surface area contributed by atoms with Gasteiger partial charge >= 0.3 is 0 Å². The number of benzene rings is 2. The molecule has 4 rings (SSSR count). The Bertz CT molecular complexity index is 1170. The van der Waals surface area contributed by atoms with Crippen LogP contribution in [0.15, 0.2) is 60.9 Å². The number of hydrogen-bond acceptors (Lipinski definition) is 4. The van der Waals surface area contributed by atoms with Crippen molar-refractivity contribution in [2.24, 2.45) is 13.0 Å². The summed E-state index contributed by atoms with van der Waals surface area (Å²) in [4.78, 5) is 32.7. The Balaban J connectivity index is 1.59. The maximum Gasteiger partial charge on any atom is 0.227 e. The number of carbonyl (C=O) groups excluding carboxylic acids is 2. The van der Waals surface area contributed by atoms with E-state index in [1.54, 1.807) is 18.2 Å². The number of hydrogen-bond donors (Lipinski definition) is 1. The fourth-order valence-electron chi connectivity index (χ4n) is 4.59. The molecule has 178 valence electrons. The van der Waals surface area contributed by atoms with Gasteiger partial charge < -0.3 is 19.5 Å². The lowest BCUT2D eigenvalue weighted by Crippen LogP contribution is -2.37. The van der Waals surface area contributed by atoms with Crippen LogP contribution in [0.1, 0.15) is 55.6 Å². The fourth-order valence-corrected chi connectivity index (χ4v) is 4.59. The number of ether oxygens (including phenoxy) is 1. The Morgan fingerprint density at radius 2 is 1.88 bits per heavy atom. The van der Waals surface area contributed by atoms with Crippen molar-refractivity contribution in [1.82, 2.24) is 14.9 Å². The van der Waals surface area contributed by atoms with Crippen LogP contribution in [0, 0.1) is 5.92 Å². The monoisotopic (exact) mass is 460 g/mol. The Kier molecular flexibility index (Phi) is 7.01. The summed E-state index contributed by atoms with van der Waals surface area (Å²) in [5.74, 6) is 1.05. The molecule has 1 aromatic heterocycles. The highest BCUT2D eigenvalue weighted by atomic mass is 16.5. The molecule has 1 aliphatic rings. The minimum absolute atomic E-state index is 0.0262. The van der Waals surface area contributed by atoms with Crippen LogP contribution in [0.2, 0.25) is 0 Å². The Morgan fingerprint density at radius 3 is 2.56 bits per heavy atom. The maximum atomic E-state index is 13.5. The number of anilines is 1. The van der Waals surface area contributed by atoms with Gasteiger partial charge in [-0.3, -0.25) is 9.59 Å². The minimum atomic E-state index is -0.500. The molecule has 0 saturated carbocycles. The number of rotatable bonds is 8. The van der Waals surface area contributed by atoms with Crippen LogP contribution in [0.4, 0.5) is 5.69 Å². The van der Waals surface area contributed by atoms with Gasteiger partial charge in [-0.15, -0.1) is 0 Å². The third kappa shape index (κ3) is 4.55. The molecule has 1 saturated heterocycles. The molecular weight excluding hydrogens is 428 g/mol. The van der Waals surface area contributed by atoms with E-state index in [1.807, 2.05) is 60.3 Å². The Hall–Kier alpha value is -3.61. The number of nitrogens with zero attached hydrogens (tertiary/aromatic N) is 3. The molecule has 0 bridgehead atoms. The molecule has 1 fully saturated rings. The molecule has 7 nitrogen and oxygen atoms in total. The molecule has 2 amide bonds. The number of carbonyl (C=O) groups is 2. The third-order valence-electron chi connectivity index (χ3n) is 6.72. The predicted octanol–water partition coefficient (Wildman–Crippen LogP) is 4.20. The van der Waals surface area contributed by atoms with E-state index in [-0.39, 0.29) is 18.2 Å². The van der Waals surface area contributed by atoms with Gasteiger partial charge in [-0.25, -0.2) is 4.98 Å². The van der Waals surface area contributed by atoms with Crippen LogP contribution in [-0.2, 0) is 16.6 Å². The topological polar surface area (TPSA) is 76.5 Å². The zero-order valence-electron chi connectivity index (χ0n) is 20.2. The minimum Gasteiger partial charge on any atom is -0.496 e. The second kappa shape index (κ2) is 10.1. The van der Waals surface area contributed by atoms with Gasteiger partial charge in [0, 0.05) is 43.7 Å². The number of aryl methyl sites for hydroxylation is 1. The van der Waals surface area contributed by atoms with E-state index < -0.39 is 12.0 Å². The molecular formula is C27H32N4O3. The molecule has 3 unspecified atom stereocenters. The molecule has 0 spiro atoms. The number of nitrogens with one attached hydrogen (secondary N) is 1. The van der Waals surface area contributed by atoms with Crippen molar-refractivity contribution in [3.63, 3.8) is 0 Å².